The Morgan fingerprint density at radius 2 is 2.00 bits per heavy atom. The zero-order valence-corrected chi connectivity index (χ0v) is 9.57. The molecule has 0 spiro atoms. The highest BCUT2D eigenvalue weighted by atomic mass is 16.4. The number of hydrogen-bond donors (Lipinski definition) is 2. The van der Waals surface area contributed by atoms with E-state index in [1.54, 1.807) is 6.07 Å². The van der Waals surface area contributed by atoms with Gasteiger partial charge < -0.3 is 10.0 Å². The maximum atomic E-state index is 9.05. The molecule has 79 valence electrons. The van der Waals surface area contributed by atoms with Gasteiger partial charge in [-0.25, -0.2) is 0 Å². The molecule has 0 aromatic heterocycles. The molecule has 0 saturated carbocycles. The molecule has 0 bridgehead atoms. The predicted octanol–water partition coefficient (Wildman–Crippen LogP) is 0.304. The summed E-state index contributed by atoms with van der Waals surface area (Å²) in [5.41, 5.74) is 1.57. The van der Waals surface area contributed by atoms with Crippen LogP contribution < -0.4 is 10.9 Å². The fourth-order valence-electron chi connectivity index (χ4n) is 1.36. The summed E-state index contributed by atoms with van der Waals surface area (Å²) in [6.07, 6.45) is 1.05. The summed E-state index contributed by atoms with van der Waals surface area (Å²) in [5, 5.41) is 18.2. The number of benzene rings is 1. The Balaban J connectivity index is 2.82. The third-order valence-electron chi connectivity index (χ3n) is 2.68. The second-order valence-corrected chi connectivity index (χ2v) is 4.53. The third kappa shape index (κ3) is 3.73. The Labute approximate surface area is 92.7 Å². The Kier molecular flexibility index (Phi) is 4.00. The Morgan fingerprint density at radius 3 is 2.53 bits per heavy atom. The van der Waals surface area contributed by atoms with E-state index in [0.717, 1.165) is 11.9 Å². The molecule has 0 heterocycles. The maximum absolute atomic E-state index is 9.05. The van der Waals surface area contributed by atoms with Gasteiger partial charge in [0.15, 0.2) is 7.28 Å². The van der Waals surface area contributed by atoms with Crippen molar-refractivity contribution in [3.8, 4) is 0 Å². The van der Waals surface area contributed by atoms with Crippen molar-refractivity contribution in [1.29, 1.82) is 0 Å². The molecule has 4 heteroatoms. The number of hydrogen-bond acceptors (Lipinski definition) is 2. The maximum Gasteiger partial charge on any atom is 0.488 e. The largest absolute Gasteiger partial charge is 0.488 e. The van der Waals surface area contributed by atoms with Crippen LogP contribution in [0.25, 0.3) is 0 Å². The molecular formula is C11H17B2O2. The normalized spacial score (nSPS) is 11.3. The average molecular weight is 203 g/mol. The van der Waals surface area contributed by atoms with E-state index in [9.17, 15) is 0 Å². The van der Waals surface area contributed by atoms with Crippen molar-refractivity contribution in [2.75, 3.05) is 0 Å². The lowest BCUT2D eigenvalue weighted by atomic mass is 9.49. The molecule has 15 heavy (non-hydrogen) atoms. The first-order valence-corrected chi connectivity index (χ1v) is 5.26. The van der Waals surface area contributed by atoms with E-state index in [0.29, 0.717) is 5.46 Å². The van der Waals surface area contributed by atoms with E-state index in [1.807, 2.05) is 18.2 Å². The fourth-order valence-corrected chi connectivity index (χ4v) is 1.36. The summed E-state index contributed by atoms with van der Waals surface area (Å²) < 4.78 is 0. The van der Waals surface area contributed by atoms with E-state index < -0.39 is 7.12 Å². The van der Waals surface area contributed by atoms with Crippen molar-refractivity contribution in [2.24, 2.45) is 0 Å². The minimum Gasteiger partial charge on any atom is -0.423 e. The van der Waals surface area contributed by atoms with Crippen LogP contribution in [0.4, 0.5) is 0 Å². The van der Waals surface area contributed by atoms with Crippen LogP contribution in [0, 0.1) is 0 Å². The first kappa shape index (κ1) is 12.3. The first-order chi connectivity index (χ1) is 6.94. The van der Waals surface area contributed by atoms with E-state index in [1.165, 1.54) is 0 Å². The predicted molar refractivity (Wildman–Crippen MR) is 66.0 cm³/mol. The molecule has 0 saturated heterocycles. The van der Waals surface area contributed by atoms with Crippen molar-refractivity contribution in [1.82, 2.24) is 0 Å². The summed E-state index contributed by atoms with van der Waals surface area (Å²) >= 11 is 0. The summed E-state index contributed by atoms with van der Waals surface area (Å²) in [6, 6.07) is 7.33. The first-order valence-electron chi connectivity index (χ1n) is 5.26. The summed E-state index contributed by atoms with van der Waals surface area (Å²) in [7, 11) is 0.766. The SMILES string of the molecule is CCC(C)(C)[B]c1cccc(B(O)O)c1. The lowest BCUT2D eigenvalue weighted by molar-refractivity contribution is 0.426. The van der Waals surface area contributed by atoms with Crippen LogP contribution in [0.2, 0.25) is 5.31 Å². The third-order valence-corrected chi connectivity index (χ3v) is 2.68. The molecule has 0 aliphatic rings. The highest BCUT2D eigenvalue weighted by Gasteiger charge is 2.18. The van der Waals surface area contributed by atoms with Crippen LogP contribution in [0.3, 0.4) is 0 Å². The number of rotatable bonds is 4. The molecule has 2 nitrogen and oxygen atoms in total. The molecule has 1 aromatic carbocycles. The van der Waals surface area contributed by atoms with Crippen LogP contribution in [0.5, 0.6) is 0 Å². The lowest BCUT2D eigenvalue weighted by Crippen LogP contribution is -2.35. The van der Waals surface area contributed by atoms with Crippen molar-refractivity contribution in [3.63, 3.8) is 0 Å². The Hall–Kier alpha value is -0.730. The quantitative estimate of drug-likeness (QED) is 0.691. The minimum atomic E-state index is -1.39. The molecule has 1 aromatic rings. The standard InChI is InChI=1S/C11H17B2O2/c1-4-11(2,3)12-9-6-5-7-10(8-9)13(14)15/h5-8,14-15H,4H2,1-3H3. The molecular weight excluding hydrogens is 186 g/mol. The van der Waals surface area contributed by atoms with Crippen molar-refractivity contribution in [2.45, 2.75) is 32.5 Å². The van der Waals surface area contributed by atoms with E-state index >= 15 is 0 Å². The van der Waals surface area contributed by atoms with Crippen LogP contribution in [-0.2, 0) is 0 Å². The highest BCUT2D eigenvalue weighted by molar-refractivity contribution is 6.61. The summed E-state index contributed by atoms with van der Waals surface area (Å²) in [5.74, 6) is 0. The van der Waals surface area contributed by atoms with Crippen LogP contribution in [-0.4, -0.2) is 24.4 Å². The molecule has 1 rings (SSSR count). The molecule has 1 radical (unpaired) electrons. The van der Waals surface area contributed by atoms with E-state index in [2.05, 4.69) is 28.1 Å². The Morgan fingerprint density at radius 1 is 1.33 bits per heavy atom. The monoisotopic (exact) mass is 203 g/mol. The minimum absolute atomic E-state index is 0.138. The van der Waals surface area contributed by atoms with Gasteiger partial charge in [0.05, 0.1) is 0 Å². The molecule has 0 amide bonds. The molecule has 0 aliphatic carbocycles. The molecule has 0 unspecified atom stereocenters. The van der Waals surface area contributed by atoms with Crippen LogP contribution >= 0.6 is 0 Å². The van der Waals surface area contributed by atoms with Gasteiger partial charge in [0.25, 0.3) is 0 Å². The zero-order valence-electron chi connectivity index (χ0n) is 9.57. The second kappa shape index (κ2) is 4.86. The topological polar surface area (TPSA) is 40.5 Å². The van der Waals surface area contributed by atoms with Crippen molar-refractivity contribution in [3.05, 3.63) is 24.3 Å². The van der Waals surface area contributed by atoms with Gasteiger partial charge in [-0.3, -0.25) is 0 Å². The van der Waals surface area contributed by atoms with Crippen LogP contribution in [0.1, 0.15) is 27.2 Å². The van der Waals surface area contributed by atoms with Gasteiger partial charge in [0.2, 0.25) is 0 Å². The van der Waals surface area contributed by atoms with Gasteiger partial charge in [-0.2, -0.15) is 0 Å². The lowest BCUT2D eigenvalue weighted by Gasteiger charge is -2.21. The Bertz CT molecular complexity index is 324. The van der Waals surface area contributed by atoms with E-state index in [-0.39, 0.29) is 5.31 Å². The summed E-state index contributed by atoms with van der Waals surface area (Å²) in [6.45, 7) is 6.46. The molecule has 0 atom stereocenters. The summed E-state index contributed by atoms with van der Waals surface area (Å²) in [4.78, 5) is 0. The van der Waals surface area contributed by atoms with Crippen LogP contribution in [0.15, 0.2) is 24.3 Å². The van der Waals surface area contributed by atoms with Gasteiger partial charge >= 0.3 is 7.12 Å². The van der Waals surface area contributed by atoms with Gasteiger partial charge in [0, 0.05) is 0 Å². The van der Waals surface area contributed by atoms with Crippen molar-refractivity contribution < 1.29 is 10.0 Å². The van der Waals surface area contributed by atoms with Gasteiger partial charge in [-0.1, -0.05) is 62.2 Å². The average Bonchev–Trinajstić information content (AvgIpc) is 2.17. The molecule has 0 fully saturated rings. The molecule has 2 N–H and O–H groups in total. The zero-order chi connectivity index (χ0) is 11.5. The van der Waals surface area contributed by atoms with Crippen molar-refractivity contribution >= 4 is 25.3 Å². The van der Waals surface area contributed by atoms with Gasteiger partial charge in [-0.15, -0.1) is 0 Å². The molecule has 0 aliphatic heterocycles. The van der Waals surface area contributed by atoms with Gasteiger partial charge in [-0.05, 0) is 5.46 Å². The second-order valence-electron chi connectivity index (χ2n) is 4.53. The smallest absolute Gasteiger partial charge is 0.423 e. The highest BCUT2D eigenvalue weighted by Crippen LogP contribution is 2.25. The van der Waals surface area contributed by atoms with Gasteiger partial charge in [0.1, 0.15) is 0 Å². The fraction of sp³-hybridized carbons (Fsp3) is 0.455. The van der Waals surface area contributed by atoms with E-state index in [4.69, 9.17) is 10.0 Å².